The van der Waals surface area contributed by atoms with E-state index in [1.54, 1.807) is 0 Å². The molecule has 7 nitrogen and oxygen atoms in total. The van der Waals surface area contributed by atoms with Gasteiger partial charge in [0.05, 0.1) is 0 Å². The van der Waals surface area contributed by atoms with Crippen molar-refractivity contribution in [1.29, 1.82) is 0 Å². The van der Waals surface area contributed by atoms with Crippen LogP contribution in [0.15, 0.2) is 0 Å². The summed E-state index contributed by atoms with van der Waals surface area (Å²) in [4.78, 5) is 16.9. The number of aromatic nitrogens is 2. The lowest BCUT2D eigenvalue weighted by Gasteiger charge is -2.34. The summed E-state index contributed by atoms with van der Waals surface area (Å²) in [7, 11) is 0. The molecule has 1 saturated heterocycles. The number of amides is 2. The minimum atomic E-state index is -0.158. The molecule has 1 unspecified atom stereocenters. The standard InChI is InChI=1S/C18H32N6OS/c1-3-14(2)8-9-23-10-12-24(13-11-23)18-22-21-17(26-18)20-16(25)19-15-6-4-5-7-15/h14-15H,3-13H2,1-2H3,(H2,19,20,21,25). The Kier molecular flexibility index (Phi) is 7.07. The van der Waals surface area contributed by atoms with Gasteiger partial charge < -0.3 is 10.2 Å². The molecular formula is C18H32N6OS. The van der Waals surface area contributed by atoms with Crippen LogP contribution in [0.2, 0.25) is 0 Å². The predicted octanol–water partition coefficient (Wildman–Crippen LogP) is 3.16. The topological polar surface area (TPSA) is 73.4 Å². The number of urea groups is 1. The molecule has 3 rings (SSSR count). The molecule has 0 spiro atoms. The van der Waals surface area contributed by atoms with Crippen molar-refractivity contribution < 1.29 is 4.79 Å². The van der Waals surface area contributed by atoms with E-state index in [0.717, 1.165) is 50.1 Å². The molecule has 0 aromatic carbocycles. The molecule has 1 aliphatic heterocycles. The van der Waals surface area contributed by atoms with E-state index in [9.17, 15) is 4.79 Å². The summed E-state index contributed by atoms with van der Waals surface area (Å²) in [6.45, 7) is 9.87. The predicted molar refractivity (Wildman–Crippen MR) is 107 cm³/mol. The van der Waals surface area contributed by atoms with Crippen LogP contribution in [0, 0.1) is 5.92 Å². The normalized spacial score (nSPS) is 20.3. The Hall–Kier alpha value is -1.41. The van der Waals surface area contributed by atoms with Gasteiger partial charge in [0.2, 0.25) is 10.3 Å². The Labute approximate surface area is 160 Å². The minimum Gasteiger partial charge on any atom is -0.344 e. The zero-order chi connectivity index (χ0) is 18.4. The first-order valence-corrected chi connectivity index (χ1v) is 10.8. The average Bonchev–Trinajstić information content (AvgIpc) is 3.32. The van der Waals surface area contributed by atoms with Crippen molar-refractivity contribution in [3.63, 3.8) is 0 Å². The minimum absolute atomic E-state index is 0.158. The number of nitrogens with zero attached hydrogens (tertiary/aromatic N) is 4. The highest BCUT2D eigenvalue weighted by Crippen LogP contribution is 2.25. The Bertz CT molecular complexity index is 566. The van der Waals surface area contributed by atoms with E-state index in [1.165, 1.54) is 43.6 Å². The summed E-state index contributed by atoms with van der Waals surface area (Å²) in [6.07, 6.45) is 7.11. The summed E-state index contributed by atoms with van der Waals surface area (Å²) in [5.41, 5.74) is 0. The van der Waals surface area contributed by atoms with Crippen LogP contribution in [0.5, 0.6) is 0 Å². The van der Waals surface area contributed by atoms with Crippen LogP contribution in [0.25, 0.3) is 0 Å². The molecule has 1 saturated carbocycles. The van der Waals surface area contributed by atoms with Crippen LogP contribution in [0.4, 0.5) is 15.1 Å². The molecule has 1 atom stereocenters. The highest BCUT2D eigenvalue weighted by atomic mass is 32.1. The summed E-state index contributed by atoms with van der Waals surface area (Å²) in [6, 6.07) is 0.153. The molecule has 1 aromatic rings. The molecule has 1 aromatic heterocycles. The van der Waals surface area contributed by atoms with Gasteiger partial charge in [0.25, 0.3) is 0 Å². The Morgan fingerprint density at radius 1 is 1.23 bits per heavy atom. The van der Waals surface area contributed by atoms with Gasteiger partial charge in [-0.25, -0.2) is 4.79 Å². The van der Waals surface area contributed by atoms with Crippen molar-refractivity contribution in [2.24, 2.45) is 5.92 Å². The lowest BCUT2D eigenvalue weighted by molar-refractivity contribution is 0.239. The summed E-state index contributed by atoms with van der Waals surface area (Å²) in [5.74, 6) is 0.806. The highest BCUT2D eigenvalue weighted by Gasteiger charge is 2.21. The van der Waals surface area contributed by atoms with Gasteiger partial charge in [-0.05, 0) is 31.7 Å². The van der Waals surface area contributed by atoms with E-state index in [1.807, 2.05) is 0 Å². The first kappa shape index (κ1) is 19.4. The van der Waals surface area contributed by atoms with Crippen molar-refractivity contribution in [2.75, 3.05) is 42.9 Å². The third-order valence-electron chi connectivity index (χ3n) is 5.60. The van der Waals surface area contributed by atoms with Gasteiger partial charge in [0, 0.05) is 32.2 Å². The number of hydrogen-bond donors (Lipinski definition) is 2. The van der Waals surface area contributed by atoms with E-state index in [4.69, 9.17) is 0 Å². The van der Waals surface area contributed by atoms with Crippen LogP contribution >= 0.6 is 11.3 Å². The van der Waals surface area contributed by atoms with Crippen LogP contribution in [-0.4, -0.2) is 59.9 Å². The van der Waals surface area contributed by atoms with Crippen LogP contribution in [0.3, 0.4) is 0 Å². The third kappa shape index (κ3) is 5.54. The highest BCUT2D eigenvalue weighted by molar-refractivity contribution is 7.19. The van der Waals surface area contributed by atoms with Crippen LogP contribution in [0.1, 0.15) is 52.4 Å². The van der Waals surface area contributed by atoms with Gasteiger partial charge in [-0.15, -0.1) is 10.2 Å². The van der Waals surface area contributed by atoms with Gasteiger partial charge in [-0.2, -0.15) is 0 Å². The van der Waals surface area contributed by atoms with Gasteiger partial charge >= 0.3 is 6.03 Å². The Morgan fingerprint density at radius 3 is 2.65 bits per heavy atom. The molecule has 2 amide bonds. The van der Waals surface area contributed by atoms with Crippen molar-refractivity contribution in [2.45, 2.75) is 58.4 Å². The average molecular weight is 381 g/mol. The number of carbonyl (C=O) groups excluding carboxylic acids is 1. The van der Waals surface area contributed by atoms with Crippen LogP contribution in [-0.2, 0) is 0 Å². The van der Waals surface area contributed by atoms with E-state index in [2.05, 4.69) is 44.5 Å². The lowest BCUT2D eigenvalue weighted by atomic mass is 10.1. The van der Waals surface area contributed by atoms with Crippen molar-refractivity contribution in [3.8, 4) is 0 Å². The van der Waals surface area contributed by atoms with E-state index in [-0.39, 0.29) is 6.03 Å². The van der Waals surface area contributed by atoms with Gasteiger partial charge in [0.1, 0.15) is 0 Å². The first-order chi connectivity index (χ1) is 12.6. The quantitative estimate of drug-likeness (QED) is 0.760. The van der Waals surface area contributed by atoms with Crippen molar-refractivity contribution in [3.05, 3.63) is 0 Å². The second-order valence-electron chi connectivity index (χ2n) is 7.60. The monoisotopic (exact) mass is 380 g/mol. The summed E-state index contributed by atoms with van der Waals surface area (Å²) in [5, 5.41) is 15.7. The number of rotatable bonds is 7. The number of hydrogen-bond acceptors (Lipinski definition) is 6. The molecule has 0 bridgehead atoms. The number of anilines is 2. The lowest BCUT2D eigenvalue weighted by Crippen LogP contribution is -2.46. The van der Waals surface area contributed by atoms with E-state index < -0.39 is 0 Å². The third-order valence-corrected chi connectivity index (χ3v) is 6.50. The van der Waals surface area contributed by atoms with Crippen molar-refractivity contribution in [1.82, 2.24) is 20.4 Å². The maximum Gasteiger partial charge on any atom is 0.321 e. The van der Waals surface area contributed by atoms with Gasteiger partial charge in [-0.1, -0.05) is 44.4 Å². The van der Waals surface area contributed by atoms with E-state index >= 15 is 0 Å². The SMILES string of the molecule is CCC(C)CCN1CCN(c2nnc(NC(=O)NC3CCCC3)s2)CC1. The zero-order valence-electron chi connectivity index (χ0n) is 16.0. The molecule has 2 fully saturated rings. The molecule has 8 heteroatoms. The second kappa shape index (κ2) is 9.50. The summed E-state index contributed by atoms with van der Waals surface area (Å²) >= 11 is 1.46. The molecule has 2 aliphatic rings. The van der Waals surface area contributed by atoms with Crippen molar-refractivity contribution >= 4 is 27.6 Å². The Balaban J connectivity index is 1.41. The fraction of sp³-hybridized carbons (Fsp3) is 0.833. The van der Waals surface area contributed by atoms with Crippen LogP contribution < -0.4 is 15.5 Å². The number of piperazine rings is 1. The van der Waals surface area contributed by atoms with E-state index in [0.29, 0.717) is 11.2 Å². The molecule has 26 heavy (non-hydrogen) atoms. The Morgan fingerprint density at radius 2 is 1.96 bits per heavy atom. The molecule has 146 valence electrons. The largest absolute Gasteiger partial charge is 0.344 e. The first-order valence-electron chi connectivity index (χ1n) is 10.0. The number of nitrogens with one attached hydrogen (secondary N) is 2. The molecule has 0 radical (unpaired) electrons. The zero-order valence-corrected chi connectivity index (χ0v) is 16.9. The fourth-order valence-corrected chi connectivity index (χ4v) is 4.34. The number of carbonyl (C=O) groups is 1. The molecular weight excluding hydrogens is 348 g/mol. The summed E-state index contributed by atoms with van der Waals surface area (Å²) < 4.78 is 0. The smallest absolute Gasteiger partial charge is 0.321 e. The molecule has 2 N–H and O–H groups in total. The maximum absolute atomic E-state index is 12.0. The van der Waals surface area contributed by atoms with Gasteiger partial charge in [0.15, 0.2) is 0 Å². The molecule has 2 heterocycles. The van der Waals surface area contributed by atoms with Gasteiger partial charge in [-0.3, -0.25) is 10.2 Å². The second-order valence-corrected chi connectivity index (χ2v) is 8.56. The fourth-order valence-electron chi connectivity index (χ4n) is 3.55. The molecule has 1 aliphatic carbocycles. The maximum atomic E-state index is 12.0.